The van der Waals surface area contributed by atoms with E-state index in [1.54, 1.807) is 0 Å². The van der Waals surface area contributed by atoms with Crippen LogP contribution in [0.1, 0.15) is 47.2 Å². The van der Waals surface area contributed by atoms with Crippen molar-refractivity contribution in [3.63, 3.8) is 0 Å². The van der Waals surface area contributed by atoms with Gasteiger partial charge in [0.05, 0.1) is 16.8 Å². The fourth-order valence-electron chi connectivity index (χ4n) is 10.1. The summed E-state index contributed by atoms with van der Waals surface area (Å²) in [4.78, 5) is 2.54. The van der Waals surface area contributed by atoms with E-state index in [9.17, 15) is 0 Å². The van der Waals surface area contributed by atoms with Gasteiger partial charge in [-0.05, 0) is 91.0 Å². The Hall–Kier alpha value is -6.44. The van der Waals surface area contributed by atoms with Crippen LogP contribution in [0.15, 0.2) is 188 Å². The third kappa shape index (κ3) is 3.97. The first-order valence-corrected chi connectivity index (χ1v) is 18.7. The maximum atomic E-state index is 2.54. The first kappa shape index (κ1) is 30.2. The molecule has 0 atom stereocenters. The zero-order valence-electron chi connectivity index (χ0n) is 29.8. The summed E-state index contributed by atoms with van der Waals surface area (Å²) in [6.45, 7) is 4.75. The smallest absolute Gasteiger partial charge is 0.0726 e. The van der Waals surface area contributed by atoms with Gasteiger partial charge in [0.25, 0.3) is 0 Å². The molecular formula is C52H37N. The standard InChI is InChI=1S/C52H37N/c1-51(2)42-24-11-6-20-37(42)40-32-31-35(33-47(40)51)53(48-29-15-10-19-36(48)34-17-4-3-5-18-34)49-30-16-28-46-50(49)41-23-9-14-27-45(41)52(46)43-25-12-7-21-38(43)39-22-8-13-26-44(39)52/h3-33H,1-2H3. The molecule has 3 aliphatic rings. The van der Waals surface area contributed by atoms with Gasteiger partial charge in [-0.15, -0.1) is 0 Å². The lowest BCUT2D eigenvalue weighted by Gasteiger charge is -2.33. The first-order chi connectivity index (χ1) is 26.1. The lowest BCUT2D eigenvalue weighted by atomic mass is 9.70. The Kier molecular flexibility index (Phi) is 6.29. The van der Waals surface area contributed by atoms with Crippen molar-refractivity contribution in [1.29, 1.82) is 0 Å². The van der Waals surface area contributed by atoms with Crippen LogP contribution in [-0.2, 0) is 10.8 Å². The molecule has 0 saturated carbocycles. The SMILES string of the molecule is CC1(C)c2ccccc2-c2ccc(N(c3ccccc3-c3ccccc3)c3cccc4c3-c3ccccc3C43c4ccccc4-c4ccccc43)cc21. The molecule has 0 aromatic heterocycles. The van der Waals surface area contributed by atoms with Gasteiger partial charge in [-0.25, -0.2) is 0 Å². The molecule has 11 rings (SSSR count). The molecule has 0 amide bonds. The van der Waals surface area contributed by atoms with Gasteiger partial charge in [-0.1, -0.05) is 178 Å². The van der Waals surface area contributed by atoms with Crippen LogP contribution in [-0.4, -0.2) is 0 Å². The number of fused-ring (bicyclic) bond motifs is 13. The molecule has 250 valence electrons. The van der Waals surface area contributed by atoms with Crippen molar-refractivity contribution in [3.8, 4) is 44.5 Å². The third-order valence-corrected chi connectivity index (χ3v) is 12.3. The topological polar surface area (TPSA) is 3.24 Å². The van der Waals surface area contributed by atoms with Gasteiger partial charge < -0.3 is 4.90 Å². The summed E-state index contributed by atoms with van der Waals surface area (Å²) in [6.07, 6.45) is 0. The highest BCUT2D eigenvalue weighted by molar-refractivity contribution is 6.02. The second kappa shape index (κ2) is 11.0. The third-order valence-electron chi connectivity index (χ3n) is 12.3. The quantitative estimate of drug-likeness (QED) is 0.179. The number of rotatable bonds is 4. The number of para-hydroxylation sites is 1. The van der Waals surface area contributed by atoms with E-state index >= 15 is 0 Å². The van der Waals surface area contributed by atoms with Crippen molar-refractivity contribution >= 4 is 17.1 Å². The van der Waals surface area contributed by atoms with E-state index in [2.05, 4.69) is 207 Å². The Labute approximate surface area is 311 Å². The molecule has 0 unspecified atom stereocenters. The molecule has 0 bridgehead atoms. The van der Waals surface area contributed by atoms with E-state index in [0.29, 0.717) is 0 Å². The Morgan fingerprint density at radius 1 is 0.340 bits per heavy atom. The molecule has 1 spiro atoms. The zero-order chi connectivity index (χ0) is 35.3. The molecule has 53 heavy (non-hydrogen) atoms. The second-order valence-corrected chi connectivity index (χ2v) is 15.2. The highest BCUT2D eigenvalue weighted by Gasteiger charge is 2.52. The van der Waals surface area contributed by atoms with E-state index in [0.717, 1.165) is 11.4 Å². The number of benzene rings is 8. The van der Waals surface area contributed by atoms with E-state index in [1.807, 2.05) is 0 Å². The number of anilines is 3. The van der Waals surface area contributed by atoms with Crippen LogP contribution in [0.2, 0.25) is 0 Å². The van der Waals surface area contributed by atoms with Crippen LogP contribution < -0.4 is 4.90 Å². The van der Waals surface area contributed by atoms with Crippen molar-refractivity contribution in [1.82, 2.24) is 0 Å². The highest BCUT2D eigenvalue weighted by atomic mass is 15.1. The lowest BCUT2D eigenvalue weighted by molar-refractivity contribution is 0.660. The Morgan fingerprint density at radius 2 is 0.811 bits per heavy atom. The summed E-state index contributed by atoms with van der Waals surface area (Å²) in [7, 11) is 0. The zero-order valence-corrected chi connectivity index (χ0v) is 29.8. The van der Waals surface area contributed by atoms with Crippen LogP contribution in [0.25, 0.3) is 44.5 Å². The maximum absolute atomic E-state index is 2.54. The molecule has 8 aromatic rings. The average molecular weight is 676 g/mol. The molecule has 0 N–H and O–H groups in total. The van der Waals surface area contributed by atoms with Gasteiger partial charge in [0.1, 0.15) is 0 Å². The summed E-state index contributed by atoms with van der Waals surface area (Å²) in [6, 6.07) is 70.1. The fourth-order valence-corrected chi connectivity index (χ4v) is 10.1. The lowest BCUT2D eigenvalue weighted by Crippen LogP contribution is -2.26. The molecular weight excluding hydrogens is 639 g/mol. The van der Waals surface area contributed by atoms with Gasteiger partial charge in [0, 0.05) is 22.2 Å². The van der Waals surface area contributed by atoms with Crippen LogP contribution in [0.3, 0.4) is 0 Å². The first-order valence-electron chi connectivity index (χ1n) is 18.7. The molecule has 1 nitrogen and oxygen atoms in total. The van der Waals surface area contributed by atoms with E-state index in [-0.39, 0.29) is 5.41 Å². The maximum Gasteiger partial charge on any atom is 0.0726 e. The Bertz CT molecular complexity index is 2720. The van der Waals surface area contributed by atoms with E-state index < -0.39 is 5.41 Å². The van der Waals surface area contributed by atoms with Gasteiger partial charge in [-0.2, -0.15) is 0 Å². The predicted octanol–water partition coefficient (Wildman–Crippen LogP) is 13.5. The monoisotopic (exact) mass is 675 g/mol. The largest absolute Gasteiger partial charge is 0.309 e. The molecule has 3 aliphatic carbocycles. The molecule has 0 fully saturated rings. The van der Waals surface area contributed by atoms with Crippen molar-refractivity contribution < 1.29 is 0 Å². The minimum atomic E-state index is -0.415. The van der Waals surface area contributed by atoms with Crippen molar-refractivity contribution in [2.45, 2.75) is 24.7 Å². The fraction of sp³-hybridized carbons (Fsp3) is 0.0769. The van der Waals surface area contributed by atoms with E-state index in [1.165, 1.54) is 83.6 Å². The van der Waals surface area contributed by atoms with Crippen molar-refractivity contribution in [2.24, 2.45) is 0 Å². The molecule has 0 aliphatic heterocycles. The summed E-state index contributed by atoms with van der Waals surface area (Å²) < 4.78 is 0. The summed E-state index contributed by atoms with van der Waals surface area (Å²) in [5, 5.41) is 0. The van der Waals surface area contributed by atoms with Gasteiger partial charge in [-0.3, -0.25) is 0 Å². The van der Waals surface area contributed by atoms with Crippen LogP contribution in [0.5, 0.6) is 0 Å². The number of hydrogen-bond acceptors (Lipinski definition) is 1. The average Bonchev–Trinajstić information content (AvgIpc) is 3.78. The normalized spacial score (nSPS) is 14.5. The molecule has 0 saturated heterocycles. The Morgan fingerprint density at radius 3 is 1.49 bits per heavy atom. The Balaban J connectivity index is 1.23. The molecule has 0 heterocycles. The van der Waals surface area contributed by atoms with Gasteiger partial charge in [0.15, 0.2) is 0 Å². The number of nitrogens with zero attached hydrogens (tertiary/aromatic N) is 1. The molecule has 1 heteroatoms. The summed E-state index contributed by atoms with van der Waals surface area (Å²) in [5.74, 6) is 0. The van der Waals surface area contributed by atoms with Crippen LogP contribution in [0, 0.1) is 0 Å². The minimum Gasteiger partial charge on any atom is -0.309 e. The van der Waals surface area contributed by atoms with E-state index in [4.69, 9.17) is 0 Å². The van der Waals surface area contributed by atoms with Gasteiger partial charge >= 0.3 is 0 Å². The van der Waals surface area contributed by atoms with Crippen molar-refractivity contribution in [3.05, 3.63) is 221 Å². The second-order valence-electron chi connectivity index (χ2n) is 15.2. The highest BCUT2D eigenvalue weighted by Crippen LogP contribution is 2.65. The number of hydrogen-bond donors (Lipinski definition) is 0. The van der Waals surface area contributed by atoms with Crippen LogP contribution >= 0.6 is 0 Å². The van der Waals surface area contributed by atoms with Crippen molar-refractivity contribution in [2.75, 3.05) is 4.90 Å². The predicted molar refractivity (Wildman–Crippen MR) is 220 cm³/mol. The summed E-state index contributed by atoms with van der Waals surface area (Å²) in [5.41, 5.74) is 21.4. The van der Waals surface area contributed by atoms with Gasteiger partial charge in [0.2, 0.25) is 0 Å². The molecule has 0 radical (unpaired) electrons. The molecule has 8 aromatic carbocycles. The van der Waals surface area contributed by atoms with Crippen LogP contribution in [0.4, 0.5) is 17.1 Å². The minimum absolute atomic E-state index is 0.126. The summed E-state index contributed by atoms with van der Waals surface area (Å²) >= 11 is 0.